The van der Waals surface area contributed by atoms with E-state index >= 15 is 0 Å². The number of esters is 1. The van der Waals surface area contributed by atoms with Gasteiger partial charge in [0.25, 0.3) is 0 Å². The average molecular weight is 462 g/mol. The van der Waals surface area contributed by atoms with E-state index in [0.717, 1.165) is 16.4 Å². The van der Waals surface area contributed by atoms with Gasteiger partial charge in [-0.25, -0.2) is 8.42 Å². The summed E-state index contributed by atoms with van der Waals surface area (Å²) in [6, 6.07) is 4.64. The number of hydrogen-bond acceptors (Lipinski definition) is 6. The van der Waals surface area contributed by atoms with Gasteiger partial charge in [-0.3, -0.25) is 9.59 Å². The fourth-order valence-corrected chi connectivity index (χ4v) is 6.04. The van der Waals surface area contributed by atoms with Crippen LogP contribution in [0.25, 0.3) is 0 Å². The molecule has 3 aliphatic rings. The van der Waals surface area contributed by atoms with Gasteiger partial charge >= 0.3 is 12.3 Å². The van der Waals surface area contributed by atoms with Crippen molar-refractivity contribution in [2.45, 2.75) is 30.5 Å². The number of hydrogen-bond donors (Lipinski definition) is 0. The molecule has 4 rings (SSSR count). The van der Waals surface area contributed by atoms with E-state index in [1.54, 1.807) is 4.90 Å². The molecule has 0 unspecified atom stereocenters. The monoisotopic (exact) mass is 462 g/mol. The standard InChI is InChI=1S/C19H21F3N2O6S/c20-19(21,22)30-14-3-1-2-4-15(14)31(27,28)24-11-18(12-24)9-23(10-18)16(25)6-5-13-7-17(26)29-8-13/h1-4,13H,5-12H2/t13-/m0/s1. The normalized spacial score (nSPS) is 23.3. The number of carbonyl (C=O) groups excluding carboxylic acids is 2. The first kappa shape index (κ1) is 21.9. The highest BCUT2D eigenvalue weighted by molar-refractivity contribution is 7.89. The largest absolute Gasteiger partial charge is 0.573 e. The van der Waals surface area contributed by atoms with Crippen LogP contribution in [-0.4, -0.2) is 68.6 Å². The minimum absolute atomic E-state index is 0.0509. The Morgan fingerprint density at radius 1 is 1.19 bits per heavy atom. The molecule has 0 N–H and O–H groups in total. The SMILES string of the molecule is O=C1C[C@H](CCC(=O)N2CC3(C2)CN(S(=O)(=O)c2ccccc2OC(F)(F)F)C3)CO1. The third-order valence-electron chi connectivity index (χ3n) is 5.82. The number of likely N-dealkylation sites (tertiary alicyclic amines) is 1. The van der Waals surface area contributed by atoms with Gasteiger partial charge in [0.15, 0.2) is 0 Å². The Morgan fingerprint density at radius 3 is 2.48 bits per heavy atom. The molecule has 3 saturated heterocycles. The van der Waals surface area contributed by atoms with Gasteiger partial charge in [-0.15, -0.1) is 13.2 Å². The molecule has 0 radical (unpaired) electrons. The van der Waals surface area contributed by atoms with Crippen molar-refractivity contribution in [3.8, 4) is 5.75 Å². The van der Waals surface area contributed by atoms with Crippen molar-refractivity contribution >= 4 is 21.9 Å². The van der Waals surface area contributed by atoms with Crippen molar-refractivity contribution in [1.29, 1.82) is 0 Å². The van der Waals surface area contributed by atoms with Gasteiger partial charge < -0.3 is 14.4 Å². The summed E-state index contributed by atoms with van der Waals surface area (Å²) in [6.45, 7) is 1.40. The molecule has 12 heteroatoms. The summed E-state index contributed by atoms with van der Waals surface area (Å²) in [5.74, 6) is -1.03. The summed E-state index contributed by atoms with van der Waals surface area (Å²) in [5.41, 5.74) is -0.366. The molecule has 0 saturated carbocycles. The zero-order chi connectivity index (χ0) is 22.4. The highest BCUT2D eigenvalue weighted by atomic mass is 32.2. The van der Waals surface area contributed by atoms with Crippen LogP contribution in [0.5, 0.6) is 5.75 Å². The zero-order valence-electron chi connectivity index (χ0n) is 16.4. The van der Waals surface area contributed by atoms with Crippen LogP contribution in [0.4, 0.5) is 13.2 Å². The summed E-state index contributed by atoms with van der Waals surface area (Å²) in [5, 5.41) is 0. The van der Waals surface area contributed by atoms with Crippen LogP contribution in [0.15, 0.2) is 29.2 Å². The number of alkyl halides is 3. The van der Waals surface area contributed by atoms with Crippen molar-refractivity contribution in [3.05, 3.63) is 24.3 Å². The molecule has 1 spiro atoms. The van der Waals surface area contributed by atoms with Gasteiger partial charge in [0.05, 0.1) is 13.0 Å². The van der Waals surface area contributed by atoms with Gasteiger partial charge in [-0.2, -0.15) is 4.31 Å². The topological polar surface area (TPSA) is 93.2 Å². The van der Waals surface area contributed by atoms with E-state index in [1.165, 1.54) is 12.1 Å². The lowest BCUT2D eigenvalue weighted by molar-refractivity contribution is -0.275. The quantitative estimate of drug-likeness (QED) is 0.599. The number of nitrogens with zero attached hydrogens (tertiary/aromatic N) is 2. The molecular weight excluding hydrogens is 441 g/mol. The first-order valence-corrected chi connectivity index (χ1v) is 11.2. The molecule has 1 atom stereocenters. The molecule has 3 fully saturated rings. The lowest BCUT2D eigenvalue weighted by atomic mass is 9.74. The lowest BCUT2D eigenvalue weighted by Gasteiger charge is -2.59. The highest BCUT2D eigenvalue weighted by Gasteiger charge is 2.56. The fraction of sp³-hybridized carbons (Fsp3) is 0.579. The number of cyclic esters (lactones) is 1. The first-order valence-electron chi connectivity index (χ1n) is 9.76. The van der Waals surface area contributed by atoms with Crippen LogP contribution in [0, 0.1) is 11.3 Å². The van der Waals surface area contributed by atoms with Gasteiger partial charge in [0.2, 0.25) is 15.9 Å². The Hall–Kier alpha value is -2.34. The van der Waals surface area contributed by atoms with Crippen molar-refractivity contribution in [2.24, 2.45) is 11.3 Å². The summed E-state index contributed by atoms with van der Waals surface area (Å²) in [7, 11) is -4.16. The number of para-hydroxylation sites is 1. The second kappa shape index (κ2) is 7.66. The predicted octanol–water partition coefficient (Wildman–Crippen LogP) is 1.76. The number of carbonyl (C=O) groups is 2. The number of sulfonamides is 1. The summed E-state index contributed by atoms with van der Waals surface area (Å²) < 4.78 is 73.2. The Kier molecular flexibility index (Phi) is 5.41. The van der Waals surface area contributed by atoms with Gasteiger partial charge in [0, 0.05) is 43.9 Å². The lowest BCUT2D eigenvalue weighted by Crippen LogP contribution is -2.73. The van der Waals surface area contributed by atoms with Crippen molar-refractivity contribution in [1.82, 2.24) is 9.21 Å². The Balaban J connectivity index is 1.31. The molecule has 1 aromatic rings. The van der Waals surface area contributed by atoms with Crippen LogP contribution >= 0.6 is 0 Å². The number of benzene rings is 1. The smallest absolute Gasteiger partial charge is 0.465 e. The molecule has 1 amide bonds. The predicted molar refractivity (Wildman–Crippen MR) is 99.2 cm³/mol. The van der Waals surface area contributed by atoms with Gasteiger partial charge in [-0.1, -0.05) is 12.1 Å². The summed E-state index contributed by atoms with van der Waals surface area (Å²) in [6.07, 6.45) is -3.83. The van der Waals surface area contributed by atoms with E-state index in [-0.39, 0.29) is 36.3 Å². The van der Waals surface area contributed by atoms with E-state index in [2.05, 4.69) is 4.74 Å². The maximum Gasteiger partial charge on any atom is 0.573 e. The Labute approximate surface area is 176 Å². The van der Waals surface area contributed by atoms with E-state index < -0.39 is 27.0 Å². The van der Waals surface area contributed by atoms with Crippen molar-refractivity contribution < 1.29 is 40.7 Å². The summed E-state index contributed by atoms with van der Waals surface area (Å²) >= 11 is 0. The van der Waals surface area contributed by atoms with Crippen molar-refractivity contribution in [3.63, 3.8) is 0 Å². The van der Waals surface area contributed by atoms with Crippen molar-refractivity contribution in [2.75, 3.05) is 32.8 Å². The van der Waals surface area contributed by atoms with E-state index in [9.17, 15) is 31.2 Å². The molecule has 170 valence electrons. The fourth-order valence-electron chi connectivity index (χ4n) is 4.26. The second-order valence-corrected chi connectivity index (χ2v) is 10.2. The summed E-state index contributed by atoms with van der Waals surface area (Å²) in [4.78, 5) is 24.5. The molecule has 3 heterocycles. The Bertz CT molecular complexity index is 983. The van der Waals surface area contributed by atoms with E-state index in [4.69, 9.17) is 4.74 Å². The second-order valence-electron chi connectivity index (χ2n) is 8.31. The van der Waals surface area contributed by atoms with Crippen LogP contribution in [-0.2, 0) is 24.3 Å². The van der Waals surface area contributed by atoms with Gasteiger partial charge in [-0.05, 0) is 18.6 Å². The Morgan fingerprint density at radius 2 is 1.87 bits per heavy atom. The van der Waals surface area contributed by atoms with Crippen LogP contribution in [0.3, 0.4) is 0 Å². The van der Waals surface area contributed by atoms with Crippen LogP contribution in [0.1, 0.15) is 19.3 Å². The number of rotatable bonds is 6. The minimum Gasteiger partial charge on any atom is -0.465 e. The number of ether oxygens (including phenoxy) is 2. The molecule has 1 aromatic carbocycles. The van der Waals surface area contributed by atoms with Crippen LogP contribution in [0.2, 0.25) is 0 Å². The van der Waals surface area contributed by atoms with Gasteiger partial charge in [0.1, 0.15) is 10.6 Å². The van der Waals surface area contributed by atoms with E-state index in [1.807, 2.05) is 0 Å². The minimum atomic E-state index is -5.01. The molecular formula is C19H21F3N2O6S. The van der Waals surface area contributed by atoms with Crippen LogP contribution < -0.4 is 4.74 Å². The molecule has 0 aromatic heterocycles. The molecule has 3 aliphatic heterocycles. The third kappa shape index (κ3) is 4.49. The molecule has 8 nitrogen and oxygen atoms in total. The van der Waals surface area contributed by atoms with E-state index in [0.29, 0.717) is 39.0 Å². The first-order chi connectivity index (χ1) is 14.5. The highest BCUT2D eigenvalue weighted by Crippen LogP contribution is 2.44. The average Bonchev–Trinajstić information content (AvgIpc) is 3.01. The number of halogens is 3. The number of amides is 1. The zero-order valence-corrected chi connectivity index (χ0v) is 17.2. The maximum absolute atomic E-state index is 12.8. The molecule has 0 bridgehead atoms. The maximum atomic E-state index is 12.8. The molecule has 0 aliphatic carbocycles. The third-order valence-corrected chi connectivity index (χ3v) is 7.65. The molecule has 31 heavy (non-hydrogen) atoms.